The second-order valence-corrected chi connectivity index (χ2v) is 11.1. The molecule has 2 fully saturated rings. The van der Waals surface area contributed by atoms with Crippen molar-refractivity contribution in [1.82, 2.24) is 0 Å². The Morgan fingerprint density at radius 1 is 1.14 bits per heavy atom. The maximum absolute atomic E-state index is 10.00. The van der Waals surface area contributed by atoms with Gasteiger partial charge < -0.3 is 15.3 Å². The highest BCUT2D eigenvalue weighted by atomic mass is 16.3. The van der Waals surface area contributed by atoms with Gasteiger partial charge in [0, 0.05) is 0 Å². The zero-order valence-electron chi connectivity index (χ0n) is 19.0. The summed E-state index contributed by atoms with van der Waals surface area (Å²) in [7, 11) is 0. The third-order valence-electron chi connectivity index (χ3n) is 8.10. The molecular weight excluding hydrogens is 348 g/mol. The number of rotatable bonds is 7. The molecular formula is C25H44O3. The van der Waals surface area contributed by atoms with E-state index < -0.39 is 17.8 Å². The van der Waals surface area contributed by atoms with Crippen LogP contribution in [0.5, 0.6) is 0 Å². The molecule has 3 nitrogen and oxygen atoms in total. The number of hydrogen-bond donors (Lipinski definition) is 3. The summed E-state index contributed by atoms with van der Waals surface area (Å²) in [5, 5.41) is 29.7. The molecule has 28 heavy (non-hydrogen) atoms. The fraction of sp³-hybridized carbons (Fsp3) is 0.840. The van der Waals surface area contributed by atoms with Gasteiger partial charge in [-0.1, -0.05) is 64.3 Å². The van der Waals surface area contributed by atoms with Crippen LogP contribution in [0.3, 0.4) is 0 Å². The lowest BCUT2D eigenvalue weighted by molar-refractivity contribution is 0.0307. The Kier molecular flexibility index (Phi) is 7.61. The van der Waals surface area contributed by atoms with E-state index >= 15 is 0 Å². The maximum atomic E-state index is 10.00. The van der Waals surface area contributed by atoms with Crippen LogP contribution in [0.4, 0.5) is 0 Å². The van der Waals surface area contributed by atoms with Gasteiger partial charge in [-0.05, 0) is 75.0 Å². The maximum Gasteiger partial charge on any atom is 0.0602 e. The summed E-state index contributed by atoms with van der Waals surface area (Å²) in [5.74, 6) is 1.18. The van der Waals surface area contributed by atoms with Gasteiger partial charge in [0.1, 0.15) is 0 Å². The molecule has 0 aromatic rings. The summed E-state index contributed by atoms with van der Waals surface area (Å²) in [4.78, 5) is 0. The van der Waals surface area contributed by atoms with Gasteiger partial charge in [-0.15, -0.1) is 0 Å². The summed E-state index contributed by atoms with van der Waals surface area (Å²) in [5.41, 5.74) is 1.11. The monoisotopic (exact) mass is 392 g/mol. The third kappa shape index (κ3) is 5.70. The molecule has 0 saturated heterocycles. The van der Waals surface area contributed by atoms with Crippen LogP contribution < -0.4 is 0 Å². The Morgan fingerprint density at radius 3 is 2.32 bits per heavy atom. The molecule has 0 aliphatic heterocycles. The van der Waals surface area contributed by atoms with Gasteiger partial charge in [-0.2, -0.15) is 0 Å². The van der Waals surface area contributed by atoms with E-state index in [0.29, 0.717) is 36.5 Å². The zero-order valence-corrected chi connectivity index (χ0v) is 19.0. The lowest BCUT2D eigenvalue weighted by Crippen LogP contribution is -2.39. The number of allylic oxidation sites excluding steroid dienone is 3. The number of hydrogen-bond acceptors (Lipinski definition) is 3. The van der Waals surface area contributed by atoms with Crippen molar-refractivity contribution in [3.8, 4) is 0 Å². The van der Waals surface area contributed by atoms with Gasteiger partial charge in [0.05, 0.1) is 17.8 Å². The van der Waals surface area contributed by atoms with E-state index in [-0.39, 0.29) is 5.41 Å². The minimum atomic E-state index is -0.565. The zero-order chi connectivity index (χ0) is 21.2. The SMILES string of the molecule is C[C@H](CCCC(C)(C)O)[C@@]1(C)CC[C@@H](/C=C/C=C2C[C@@H](O)C[C@H](O)C2)C1(C)C. The normalized spacial score (nSPS) is 34.8. The fourth-order valence-electron chi connectivity index (χ4n) is 5.57. The predicted octanol–water partition coefficient (Wildman–Crippen LogP) is 5.39. The number of aliphatic hydroxyl groups excluding tert-OH is 2. The molecule has 0 unspecified atom stereocenters. The van der Waals surface area contributed by atoms with E-state index in [4.69, 9.17) is 0 Å². The summed E-state index contributed by atoms with van der Waals surface area (Å²) < 4.78 is 0. The first kappa shape index (κ1) is 23.6. The standard InChI is InChI=1S/C25H44O3/c1-18(9-8-13-23(2,3)28)25(6)14-12-20(24(25,4)5)11-7-10-19-15-21(26)17-22(27)16-19/h7,10-11,18,20-22,26-28H,8-9,12-17H2,1-6H3/b11-7+/t18-,20-,21-,22-,25-/m1/s1. The van der Waals surface area contributed by atoms with E-state index in [1.54, 1.807) is 0 Å². The molecule has 162 valence electrons. The van der Waals surface area contributed by atoms with Crippen molar-refractivity contribution in [2.45, 2.75) is 111 Å². The molecule has 3 heteroatoms. The van der Waals surface area contributed by atoms with Crippen LogP contribution in [0.25, 0.3) is 0 Å². The second kappa shape index (κ2) is 9.02. The molecule has 0 amide bonds. The van der Waals surface area contributed by atoms with E-state index in [9.17, 15) is 15.3 Å². The average Bonchev–Trinajstić information content (AvgIpc) is 2.77. The first-order chi connectivity index (χ1) is 12.8. The summed E-state index contributed by atoms with van der Waals surface area (Å²) in [6.45, 7) is 13.5. The molecule has 0 aromatic heterocycles. The first-order valence-corrected chi connectivity index (χ1v) is 11.3. The van der Waals surface area contributed by atoms with Gasteiger partial charge in [0.25, 0.3) is 0 Å². The Labute approximate surface area is 172 Å². The van der Waals surface area contributed by atoms with E-state index in [2.05, 4.69) is 45.9 Å². The van der Waals surface area contributed by atoms with E-state index in [1.165, 1.54) is 19.3 Å². The van der Waals surface area contributed by atoms with Crippen LogP contribution >= 0.6 is 0 Å². The highest BCUT2D eigenvalue weighted by molar-refractivity contribution is 5.19. The van der Waals surface area contributed by atoms with Crippen molar-refractivity contribution < 1.29 is 15.3 Å². The van der Waals surface area contributed by atoms with E-state index in [1.807, 2.05) is 13.8 Å². The Bertz CT molecular complexity index is 557. The van der Waals surface area contributed by atoms with Crippen molar-refractivity contribution in [3.05, 3.63) is 23.8 Å². The van der Waals surface area contributed by atoms with Gasteiger partial charge in [0.15, 0.2) is 0 Å². The Balaban J connectivity index is 1.99. The van der Waals surface area contributed by atoms with Crippen molar-refractivity contribution in [3.63, 3.8) is 0 Å². The molecule has 5 atom stereocenters. The molecule has 0 radical (unpaired) electrons. The molecule has 0 aromatic carbocycles. The van der Waals surface area contributed by atoms with Crippen LogP contribution in [0.15, 0.2) is 23.8 Å². The molecule has 2 saturated carbocycles. The smallest absolute Gasteiger partial charge is 0.0602 e. The van der Waals surface area contributed by atoms with Crippen LogP contribution in [-0.2, 0) is 0 Å². The minimum Gasteiger partial charge on any atom is -0.393 e. The highest BCUT2D eigenvalue weighted by Gasteiger charge is 2.52. The third-order valence-corrected chi connectivity index (χ3v) is 8.10. The van der Waals surface area contributed by atoms with Crippen LogP contribution in [0.1, 0.15) is 92.9 Å². The van der Waals surface area contributed by atoms with Crippen LogP contribution in [0, 0.1) is 22.7 Å². The largest absolute Gasteiger partial charge is 0.393 e. The minimum absolute atomic E-state index is 0.224. The average molecular weight is 393 g/mol. The molecule has 2 aliphatic rings. The summed E-state index contributed by atoms with van der Waals surface area (Å²) >= 11 is 0. The lowest BCUT2D eigenvalue weighted by atomic mass is 9.59. The topological polar surface area (TPSA) is 60.7 Å². The molecule has 2 rings (SSSR count). The summed E-state index contributed by atoms with van der Waals surface area (Å²) in [6.07, 6.45) is 13.3. The molecule has 0 bridgehead atoms. The lowest BCUT2D eigenvalue weighted by Gasteiger charge is -2.46. The van der Waals surface area contributed by atoms with Crippen LogP contribution in [-0.4, -0.2) is 33.1 Å². The van der Waals surface area contributed by atoms with E-state index in [0.717, 1.165) is 18.4 Å². The predicted molar refractivity (Wildman–Crippen MR) is 117 cm³/mol. The quantitative estimate of drug-likeness (QED) is 0.544. The second-order valence-electron chi connectivity index (χ2n) is 11.1. The molecule has 0 spiro atoms. The van der Waals surface area contributed by atoms with Crippen molar-refractivity contribution in [1.29, 1.82) is 0 Å². The summed E-state index contributed by atoms with van der Waals surface area (Å²) in [6, 6.07) is 0. The molecule has 0 heterocycles. The Morgan fingerprint density at radius 2 is 1.75 bits per heavy atom. The van der Waals surface area contributed by atoms with Gasteiger partial charge in [-0.3, -0.25) is 0 Å². The van der Waals surface area contributed by atoms with Gasteiger partial charge in [0.2, 0.25) is 0 Å². The first-order valence-electron chi connectivity index (χ1n) is 11.3. The molecule has 3 N–H and O–H groups in total. The Hall–Kier alpha value is -0.640. The van der Waals surface area contributed by atoms with Crippen molar-refractivity contribution in [2.24, 2.45) is 22.7 Å². The number of aliphatic hydroxyl groups is 3. The van der Waals surface area contributed by atoms with Crippen LogP contribution in [0.2, 0.25) is 0 Å². The fourth-order valence-corrected chi connectivity index (χ4v) is 5.57. The van der Waals surface area contributed by atoms with Gasteiger partial charge >= 0.3 is 0 Å². The molecule has 2 aliphatic carbocycles. The highest BCUT2D eigenvalue weighted by Crippen LogP contribution is 2.60. The van der Waals surface area contributed by atoms with Gasteiger partial charge in [-0.25, -0.2) is 0 Å². The van der Waals surface area contributed by atoms with Crippen molar-refractivity contribution in [2.75, 3.05) is 0 Å². The van der Waals surface area contributed by atoms with Crippen molar-refractivity contribution >= 4 is 0 Å².